The largest absolute Gasteiger partial charge is 0.433 e. The second kappa shape index (κ2) is 5.82. The van der Waals surface area contributed by atoms with E-state index in [0.717, 1.165) is 18.9 Å². The Morgan fingerprint density at radius 3 is 2.60 bits per heavy atom. The van der Waals surface area contributed by atoms with Gasteiger partial charge in [-0.05, 0) is 18.8 Å². The van der Waals surface area contributed by atoms with Gasteiger partial charge in [-0.3, -0.25) is 0 Å². The molecule has 112 valence electrons. The maximum atomic E-state index is 12.7. The monoisotopic (exact) mass is 290 g/mol. The molecular weight excluding hydrogens is 273 g/mol. The number of nitrogen functional groups attached to an aromatic ring is 1. The molecule has 8 heteroatoms. The molecule has 0 radical (unpaired) electrons. The molecule has 0 unspecified atom stereocenters. The summed E-state index contributed by atoms with van der Waals surface area (Å²) in [5, 5.41) is 0. The molecule has 20 heavy (non-hydrogen) atoms. The number of hydrogen-bond acceptors (Lipinski definition) is 5. The summed E-state index contributed by atoms with van der Waals surface area (Å²) in [4.78, 5) is 8.79. The topological polar surface area (TPSA) is 64.3 Å². The Morgan fingerprint density at radius 2 is 2.00 bits per heavy atom. The standard InChI is InChI=1S/C12H17F3N4O/c1-19(7-8-2-4-20-5-3-8)10-6-9(12(13,14)15)17-11(16)18-10/h6,8H,2-5,7H2,1H3,(H2,16,17,18). The molecule has 1 aliphatic heterocycles. The highest BCUT2D eigenvalue weighted by molar-refractivity contribution is 5.43. The molecule has 0 atom stereocenters. The van der Waals surface area contributed by atoms with E-state index in [-0.39, 0.29) is 11.8 Å². The molecule has 5 nitrogen and oxygen atoms in total. The fourth-order valence-corrected chi connectivity index (χ4v) is 2.20. The lowest BCUT2D eigenvalue weighted by Crippen LogP contribution is -2.30. The number of nitrogens with zero attached hydrogens (tertiary/aromatic N) is 3. The number of rotatable bonds is 3. The van der Waals surface area contributed by atoms with Crippen molar-refractivity contribution in [3.8, 4) is 0 Å². The Labute approximate surface area is 114 Å². The number of ether oxygens (including phenoxy) is 1. The van der Waals surface area contributed by atoms with Gasteiger partial charge in [0.2, 0.25) is 5.95 Å². The van der Waals surface area contributed by atoms with Gasteiger partial charge in [0.15, 0.2) is 5.69 Å². The zero-order valence-electron chi connectivity index (χ0n) is 11.2. The van der Waals surface area contributed by atoms with Gasteiger partial charge in [0.1, 0.15) is 5.82 Å². The van der Waals surface area contributed by atoms with E-state index in [0.29, 0.717) is 25.7 Å². The second-order valence-electron chi connectivity index (χ2n) is 4.90. The average molecular weight is 290 g/mol. The molecule has 0 aliphatic carbocycles. The van der Waals surface area contributed by atoms with Gasteiger partial charge >= 0.3 is 6.18 Å². The molecule has 0 saturated carbocycles. The maximum absolute atomic E-state index is 12.7. The van der Waals surface area contributed by atoms with Crippen LogP contribution in [0.25, 0.3) is 0 Å². The number of alkyl halides is 3. The van der Waals surface area contributed by atoms with Gasteiger partial charge in [-0.2, -0.15) is 18.2 Å². The van der Waals surface area contributed by atoms with Crippen LogP contribution in [0.3, 0.4) is 0 Å². The number of hydrogen-bond donors (Lipinski definition) is 1. The van der Waals surface area contributed by atoms with Crippen LogP contribution in [0.1, 0.15) is 18.5 Å². The smallest absolute Gasteiger partial charge is 0.381 e. The van der Waals surface area contributed by atoms with E-state index in [4.69, 9.17) is 10.5 Å². The van der Waals surface area contributed by atoms with Crippen LogP contribution >= 0.6 is 0 Å². The Balaban J connectivity index is 2.12. The Bertz CT molecular complexity index is 461. The summed E-state index contributed by atoms with van der Waals surface area (Å²) in [5.74, 6) is 0.212. The predicted molar refractivity (Wildman–Crippen MR) is 68.3 cm³/mol. The number of nitrogens with two attached hydrogens (primary N) is 1. The van der Waals surface area contributed by atoms with Crippen molar-refractivity contribution in [1.82, 2.24) is 9.97 Å². The molecule has 2 heterocycles. The minimum Gasteiger partial charge on any atom is -0.381 e. The van der Waals surface area contributed by atoms with E-state index in [1.54, 1.807) is 11.9 Å². The number of anilines is 2. The van der Waals surface area contributed by atoms with Crippen molar-refractivity contribution < 1.29 is 17.9 Å². The zero-order valence-corrected chi connectivity index (χ0v) is 11.2. The second-order valence-corrected chi connectivity index (χ2v) is 4.90. The summed E-state index contributed by atoms with van der Waals surface area (Å²) in [6.45, 7) is 2.01. The molecule has 0 amide bonds. The highest BCUT2D eigenvalue weighted by atomic mass is 19.4. The number of halogens is 3. The van der Waals surface area contributed by atoms with Crippen LogP contribution in [0.4, 0.5) is 24.9 Å². The predicted octanol–water partition coefficient (Wildman–Crippen LogP) is 1.94. The van der Waals surface area contributed by atoms with E-state index in [1.807, 2.05) is 0 Å². The summed E-state index contributed by atoms with van der Waals surface area (Å²) in [5.41, 5.74) is 4.34. The maximum Gasteiger partial charge on any atom is 0.433 e. The Hall–Kier alpha value is -1.57. The zero-order chi connectivity index (χ0) is 14.8. The fourth-order valence-electron chi connectivity index (χ4n) is 2.20. The highest BCUT2D eigenvalue weighted by Gasteiger charge is 2.34. The normalized spacial score (nSPS) is 17.2. The summed E-state index contributed by atoms with van der Waals surface area (Å²) in [7, 11) is 1.71. The van der Waals surface area contributed by atoms with E-state index in [2.05, 4.69) is 9.97 Å². The quantitative estimate of drug-likeness (QED) is 0.921. The molecule has 0 aromatic carbocycles. The van der Waals surface area contributed by atoms with Crippen molar-refractivity contribution in [2.24, 2.45) is 5.92 Å². The highest BCUT2D eigenvalue weighted by Crippen LogP contribution is 2.30. The van der Waals surface area contributed by atoms with E-state index < -0.39 is 11.9 Å². The Morgan fingerprint density at radius 1 is 1.35 bits per heavy atom. The molecule has 2 rings (SSSR count). The molecule has 1 aromatic heterocycles. The van der Waals surface area contributed by atoms with Crippen molar-refractivity contribution >= 4 is 11.8 Å². The van der Waals surface area contributed by atoms with Crippen LogP contribution in [0.15, 0.2) is 6.07 Å². The summed E-state index contributed by atoms with van der Waals surface area (Å²) < 4.78 is 43.3. The lowest BCUT2D eigenvalue weighted by atomic mass is 10.00. The van der Waals surface area contributed by atoms with Crippen molar-refractivity contribution in [1.29, 1.82) is 0 Å². The van der Waals surface area contributed by atoms with E-state index >= 15 is 0 Å². The van der Waals surface area contributed by atoms with E-state index in [1.165, 1.54) is 0 Å². The van der Waals surface area contributed by atoms with Gasteiger partial charge in [-0.15, -0.1) is 0 Å². The van der Waals surface area contributed by atoms with Crippen molar-refractivity contribution in [3.63, 3.8) is 0 Å². The minimum absolute atomic E-state index is 0.191. The molecule has 0 bridgehead atoms. The summed E-state index contributed by atoms with van der Waals surface area (Å²) in [6.07, 6.45) is -2.72. The van der Waals surface area contributed by atoms with Crippen molar-refractivity contribution in [2.45, 2.75) is 19.0 Å². The molecule has 0 spiro atoms. The van der Waals surface area contributed by atoms with Gasteiger partial charge < -0.3 is 15.4 Å². The van der Waals surface area contributed by atoms with Gasteiger partial charge in [-0.1, -0.05) is 0 Å². The van der Waals surface area contributed by atoms with Crippen molar-refractivity contribution in [2.75, 3.05) is 37.4 Å². The first-order valence-corrected chi connectivity index (χ1v) is 6.37. The van der Waals surface area contributed by atoms with Crippen LogP contribution in [-0.4, -0.2) is 36.8 Å². The third-order valence-electron chi connectivity index (χ3n) is 3.28. The first-order valence-electron chi connectivity index (χ1n) is 6.37. The van der Waals surface area contributed by atoms with Gasteiger partial charge in [0.25, 0.3) is 0 Å². The average Bonchev–Trinajstić information content (AvgIpc) is 2.38. The lowest BCUT2D eigenvalue weighted by Gasteiger charge is -2.28. The van der Waals surface area contributed by atoms with Crippen molar-refractivity contribution in [3.05, 3.63) is 11.8 Å². The van der Waals surface area contributed by atoms with E-state index in [9.17, 15) is 13.2 Å². The SMILES string of the molecule is CN(CC1CCOCC1)c1cc(C(F)(F)F)nc(N)n1. The molecule has 2 N–H and O–H groups in total. The van der Waals surface area contributed by atoms with Gasteiger partial charge in [0.05, 0.1) is 0 Å². The van der Waals surface area contributed by atoms with Crippen LogP contribution in [-0.2, 0) is 10.9 Å². The van der Waals surface area contributed by atoms with Crippen LogP contribution in [0.2, 0.25) is 0 Å². The molecule has 1 saturated heterocycles. The summed E-state index contributed by atoms with van der Waals surface area (Å²) >= 11 is 0. The van der Waals surface area contributed by atoms with Crippen LogP contribution < -0.4 is 10.6 Å². The molecule has 1 aliphatic rings. The number of aromatic nitrogens is 2. The Kier molecular flexibility index (Phi) is 4.32. The first-order chi connectivity index (χ1) is 9.36. The molecule has 1 fully saturated rings. The third-order valence-corrected chi connectivity index (χ3v) is 3.28. The fraction of sp³-hybridized carbons (Fsp3) is 0.667. The molecule has 1 aromatic rings. The van der Waals surface area contributed by atoms with Gasteiger partial charge in [-0.25, -0.2) is 4.98 Å². The first kappa shape index (κ1) is 14.8. The van der Waals surface area contributed by atoms with Crippen LogP contribution in [0, 0.1) is 5.92 Å². The summed E-state index contributed by atoms with van der Waals surface area (Å²) in [6, 6.07) is 0.926. The third kappa shape index (κ3) is 3.72. The molecular formula is C12H17F3N4O. The minimum atomic E-state index is -4.52. The van der Waals surface area contributed by atoms with Gasteiger partial charge in [0, 0.05) is 32.9 Å². The lowest BCUT2D eigenvalue weighted by molar-refractivity contribution is -0.141. The van der Waals surface area contributed by atoms with Crippen LogP contribution in [0.5, 0.6) is 0 Å².